The van der Waals surface area contributed by atoms with Gasteiger partial charge in [0.2, 0.25) is 5.91 Å². The number of alkyl halides is 1. The molecule has 0 radical (unpaired) electrons. The molecule has 0 bridgehead atoms. The summed E-state index contributed by atoms with van der Waals surface area (Å²) in [5, 5.41) is 4.98. The van der Waals surface area contributed by atoms with Gasteiger partial charge >= 0.3 is 0 Å². The van der Waals surface area contributed by atoms with Gasteiger partial charge in [-0.15, -0.1) is 0 Å². The first-order valence-electron chi connectivity index (χ1n) is 9.17. The highest BCUT2D eigenvalue weighted by Gasteiger charge is 2.28. The topological polar surface area (TPSA) is 78.5 Å². The third-order valence-electron chi connectivity index (χ3n) is 4.43. The maximum Gasteiger partial charge on any atom is 0.255 e. The molecule has 2 rings (SSSR count). The van der Waals surface area contributed by atoms with E-state index in [1.807, 2.05) is 30.3 Å². The molecular weight excluding hydrogens is 361 g/mol. The van der Waals surface area contributed by atoms with Gasteiger partial charge in [0.15, 0.2) is 6.17 Å². The van der Waals surface area contributed by atoms with Gasteiger partial charge in [-0.3, -0.25) is 14.4 Å². The summed E-state index contributed by atoms with van der Waals surface area (Å²) in [7, 11) is 1.60. The molecular formula is C21H26FN3O3. The minimum Gasteiger partial charge on any atom is -0.342 e. The normalized spacial score (nSPS) is 18.9. The Morgan fingerprint density at radius 2 is 1.75 bits per heavy atom. The minimum atomic E-state index is -1.70. The molecule has 0 saturated heterocycles. The van der Waals surface area contributed by atoms with E-state index in [1.165, 1.54) is 11.8 Å². The quantitative estimate of drug-likeness (QED) is 0.784. The van der Waals surface area contributed by atoms with E-state index < -0.39 is 36.0 Å². The molecule has 28 heavy (non-hydrogen) atoms. The van der Waals surface area contributed by atoms with Crippen molar-refractivity contribution >= 4 is 23.3 Å². The van der Waals surface area contributed by atoms with E-state index >= 15 is 0 Å². The van der Waals surface area contributed by atoms with Crippen LogP contribution in [-0.4, -0.2) is 47.9 Å². The Morgan fingerprint density at radius 1 is 1.11 bits per heavy atom. The van der Waals surface area contributed by atoms with Gasteiger partial charge in [-0.25, -0.2) is 4.39 Å². The lowest BCUT2D eigenvalue weighted by Crippen LogP contribution is -2.53. The van der Waals surface area contributed by atoms with E-state index in [4.69, 9.17) is 0 Å². The lowest BCUT2D eigenvalue weighted by atomic mass is 10.0. The van der Waals surface area contributed by atoms with E-state index in [-0.39, 0.29) is 5.91 Å². The number of allylic oxidation sites excluding steroid dienone is 2. The average molecular weight is 387 g/mol. The second-order valence-corrected chi connectivity index (χ2v) is 7.12. The molecule has 1 aliphatic rings. The van der Waals surface area contributed by atoms with Crippen molar-refractivity contribution in [1.29, 1.82) is 0 Å². The molecule has 0 spiro atoms. The van der Waals surface area contributed by atoms with E-state index in [0.717, 1.165) is 11.1 Å². The zero-order chi connectivity index (χ0) is 20.8. The Kier molecular flexibility index (Phi) is 7.09. The summed E-state index contributed by atoms with van der Waals surface area (Å²) >= 11 is 0. The summed E-state index contributed by atoms with van der Waals surface area (Å²) in [6.07, 6.45) is 3.39. The number of halogens is 1. The van der Waals surface area contributed by atoms with Crippen LogP contribution >= 0.6 is 0 Å². The van der Waals surface area contributed by atoms with Gasteiger partial charge in [0, 0.05) is 13.2 Å². The predicted molar refractivity (Wildman–Crippen MR) is 106 cm³/mol. The van der Waals surface area contributed by atoms with Crippen molar-refractivity contribution in [2.24, 2.45) is 5.92 Å². The van der Waals surface area contributed by atoms with E-state index in [0.29, 0.717) is 0 Å². The molecule has 3 amide bonds. The first-order valence-corrected chi connectivity index (χ1v) is 9.17. The number of carbonyl (C=O) groups is 3. The Morgan fingerprint density at radius 3 is 2.36 bits per heavy atom. The van der Waals surface area contributed by atoms with Crippen molar-refractivity contribution in [3.63, 3.8) is 0 Å². The smallest absolute Gasteiger partial charge is 0.255 e. The fraction of sp³-hybridized carbons (Fsp3) is 0.381. The summed E-state index contributed by atoms with van der Waals surface area (Å²) in [5.74, 6) is -2.22. The van der Waals surface area contributed by atoms with Crippen LogP contribution in [0.25, 0.3) is 5.57 Å². The number of nitrogens with one attached hydrogen (secondary N) is 2. The lowest BCUT2D eigenvalue weighted by molar-refractivity contribution is -0.134. The highest BCUT2D eigenvalue weighted by atomic mass is 19.1. The van der Waals surface area contributed by atoms with Gasteiger partial charge in [-0.05, 0) is 36.1 Å². The Balaban J connectivity index is 2.14. The molecule has 150 valence electrons. The zero-order valence-corrected chi connectivity index (χ0v) is 16.5. The molecule has 2 N–H and O–H groups in total. The standard InChI is InChI=1S/C21H26FN3O3/c1-13(2)18(22)20(27)23-14(3)19(26)24-17-12-16(10-11-25(4)21(17)28)15-8-6-5-7-9-15/h5-14,17-18H,1-4H3,(H,23,27)(H,24,26). The third-order valence-corrected chi connectivity index (χ3v) is 4.43. The Labute approximate surface area is 164 Å². The van der Waals surface area contributed by atoms with Crippen molar-refractivity contribution in [2.45, 2.75) is 39.0 Å². The van der Waals surface area contributed by atoms with Gasteiger partial charge < -0.3 is 15.5 Å². The fourth-order valence-electron chi connectivity index (χ4n) is 2.66. The molecule has 3 unspecified atom stereocenters. The molecule has 1 heterocycles. The molecule has 1 aliphatic heterocycles. The Bertz CT molecular complexity index is 789. The number of likely N-dealkylation sites (N-methyl/N-ethyl adjacent to an activating group) is 1. The number of hydrogen-bond donors (Lipinski definition) is 2. The second-order valence-electron chi connectivity index (χ2n) is 7.12. The van der Waals surface area contributed by atoms with Crippen molar-refractivity contribution in [2.75, 3.05) is 7.05 Å². The summed E-state index contributed by atoms with van der Waals surface area (Å²) in [6, 6.07) is 7.57. The van der Waals surface area contributed by atoms with Gasteiger partial charge in [0.05, 0.1) is 0 Å². The first-order chi connectivity index (χ1) is 13.2. The third kappa shape index (κ3) is 5.28. The molecule has 0 aromatic heterocycles. The molecule has 1 aromatic carbocycles. The van der Waals surface area contributed by atoms with E-state index in [1.54, 1.807) is 39.2 Å². The number of rotatable bonds is 6. The van der Waals surface area contributed by atoms with Crippen LogP contribution in [0, 0.1) is 5.92 Å². The lowest BCUT2D eigenvalue weighted by Gasteiger charge is -2.22. The van der Waals surface area contributed by atoms with E-state index in [9.17, 15) is 18.8 Å². The van der Waals surface area contributed by atoms with Gasteiger partial charge in [0.1, 0.15) is 12.1 Å². The molecule has 0 saturated carbocycles. The molecule has 3 atom stereocenters. The van der Waals surface area contributed by atoms with Gasteiger partial charge in [-0.2, -0.15) is 0 Å². The van der Waals surface area contributed by atoms with Crippen LogP contribution < -0.4 is 10.6 Å². The largest absolute Gasteiger partial charge is 0.342 e. The molecule has 6 nitrogen and oxygen atoms in total. The monoisotopic (exact) mass is 387 g/mol. The SMILES string of the molecule is CC(NC(=O)C(F)C(C)C)C(=O)NC1C=C(c2ccccc2)C=CN(C)C1=O. The maximum absolute atomic E-state index is 13.8. The maximum atomic E-state index is 13.8. The summed E-state index contributed by atoms with van der Waals surface area (Å²) in [6.45, 7) is 4.61. The summed E-state index contributed by atoms with van der Waals surface area (Å²) in [5.41, 5.74) is 1.68. The van der Waals surface area contributed by atoms with Crippen LogP contribution in [0.2, 0.25) is 0 Å². The van der Waals surface area contributed by atoms with Crippen molar-refractivity contribution in [3.05, 3.63) is 54.2 Å². The van der Waals surface area contributed by atoms with Crippen molar-refractivity contribution in [3.8, 4) is 0 Å². The highest BCUT2D eigenvalue weighted by molar-refractivity contribution is 5.96. The summed E-state index contributed by atoms with van der Waals surface area (Å²) in [4.78, 5) is 38.3. The van der Waals surface area contributed by atoms with E-state index in [2.05, 4.69) is 10.6 Å². The van der Waals surface area contributed by atoms with Crippen LogP contribution in [-0.2, 0) is 14.4 Å². The van der Waals surface area contributed by atoms with Crippen LogP contribution in [0.4, 0.5) is 4.39 Å². The molecule has 0 aliphatic carbocycles. The minimum absolute atomic E-state index is 0.320. The van der Waals surface area contributed by atoms with Crippen LogP contribution in [0.15, 0.2) is 48.7 Å². The molecule has 7 heteroatoms. The Hall–Kier alpha value is -2.96. The second kappa shape index (κ2) is 9.30. The van der Waals surface area contributed by atoms with Crippen molar-refractivity contribution in [1.82, 2.24) is 15.5 Å². The van der Waals surface area contributed by atoms with Crippen LogP contribution in [0.1, 0.15) is 26.3 Å². The number of benzene rings is 1. The predicted octanol–water partition coefficient (Wildman–Crippen LogP) is 2.04. The number of carbonyl (C=O) groups excluding carboxylic acids is 3. The summed E-state index contributed by atoms with van der Waals surface area (Å²) < 4.78 is 13.8. The molecule has 0 fully saturated rings. The number of amides is 3. The van der Waals surface area contributed by atoms with Gasteiger partial charge in [-0.1, -0.05) is 44.2 Å². The van der Waals surface area contributed by atoms with Crippen LogP contribution in [0.5, 0.6) is 0 Å². The van der Waals surface area contributed by atoms with Gasteiger partial charge in [0.25, 0.3) is 11.8 Å². The first kappa shape index (κ1) is 21.3. The number of hydrogen-bond acceptors (Lipinski definition) is 3. The zero-order valence-electron chi connectivity index (χ0n) is 16.5. The van der Waals surface area contributed by atoms with Crippen LogP contribution in [0.3, 0.4) is 0 Å². The highest BCUT2D eigenvalue weighted by Crippen LogP contribution is 2.19. The average Bonchev–Trinajstić information content (AvgIpc) is 2.81. The molecule has 1 aromatic rings. The van der Waals surface area contributed by atoms with Crippen molar-refractivity contribution < 1.29 is 18.8 Å². The number of nitrogens with zero attached hydrogens (tertiary/aromatic N) is 1. The fourth-order valence-corrected chi connectivity index (χ4v) is 2.66.